The molecule has 1 unspecified atom stereocenters. The smallest absolute Gasteiger partial charge is 0.0719 e. The van der Waals surface area contributed by atoms with Crippen molar-refractivity contribution in [2.24, 2.45) is 0 Å². The van der Waals surface area contributed by atoms with Gasteiger partial charge in [-0.25, -0.2) is 0 Å². The molecule has 4 heteroatoms. The molecule has 1 rings (SSSR count). The Labute approximate surface area is 87.5 Å². The van der Waals surface area contributed by atoms with Crippen molar-refractivity contribution in [3.63, 3.8) is 0 Å². The zero-order valence-corrected chi connectivity index (χ0v) is 8.73. The van der Waals surface area contributed by atoms with E-state index in [1.54, 1.807) is 25.1 Å². The molecule has 1 aromatic rings. The van der Waals surface area contributed by atoms with Crippen LogP contribution in [0.1, 0.15) is 6.92 Å². The van der Waals surface area contributed by atoms with E-state index >= 15 is 0 Å². The maximum absolute atomic E-state index is 9.05. The van der Waals surface area contributed by atoms with Gasteiger partial charge >= 0.3 is 0 Å². The standard InChI is InChI=1S/C9H11Cl2NO/c1-6(13)5-12-9-7(10)3-2-4-8(9)11/h2-4,6,12-13H,5H2,1H3. The molecule has 1 atom stereocenters. The first-order valence-electron chi connectivity index (χ1n) is 3.97. The lowest BCUT2D eigenvalue weighted by molar-refractivity contribution is 0.208. The van der Waals surface area contributed by atoms with E-state index in [1.807, 2.05) is 0 Å². The summed E-state index contributed by atoms with van der Waals surface area (Å²) in [5.74, 6) is 0. The number of aliphatic hydroxyl groups is 1. The topological polar surface area (TPSA) is 32.3 Å². The van der Waals surface area contributed by atoms with Gasteiger partial charge in [-0.1, -0.05) is 29.3 Å². The molecular formula is C9H11Cl2NO. The molecule has 13 heavy (non-hydrogen) atoms. The van der Waals surface area contributed by atoms with E-state index in [2.05, 4.69) is 5.32 Å². The molecule has 0 saturated carbocycles. The number of para-hydroxylation sites is 1. The first-order chi connectivity index (χ1) is 6.11. The highest BCUT2D eigenvalue weighted by atomic mass is 35.5. The fourth-order valence-electron chi connectivity index (χ4n) is 0.916. The van der Waals surface area contributed by atoms with Crippen molar-refractivity contribution in [2.75, 3.05) is 11.9 Å². The molecule has 0 fully saturated rings. The monoisotopic (exact) mass is 219 g/mol. The van der Waals surface area contributed by atoms with E-state index in [0.717, 1.165) is 0 Å². The summed E-state index contributed by atoms with van der Waals surface area (Å²) >= 11 is 11.8. The number of hydrogen-bond acceptors (Lipinski definition) is 2. The van der Waals surface area contributed by atoms with Gasteiger partial charge in [0, 0.05) is 6.54 Å². The molecule has 0 aliphatic rings. The minimum absolute atomic E-state index is 0.424. The molecule has 0 bridgehead atoms. The van der Waals surface area contributed by atoms with Crippen LogP contribution in [0, 0.1) is 0 Å². The normalized spacial score (nSPS) is 12.6. The van der Waals surface area contributed by atoms with Gasteiger partial charge in [0.15, 0.2) is 0 Å². The van der Waals surface area contributed by atoms with E-state index < -0.39 is 6.10 Å². The van der Waals surface area contributed by atoms with Gasteiger partial charge in [0.2, 0.25) is 0 Å². The lowest BCUT2D eigenvalue weighted by Crippen LogP contribution is -2.15. The van der Waals surface area contributed by atoms with Crippen molar-refractivity contribution in [1.82, 2.24) is 0 Å². The van der Waals surface area contributed by atoms with Gasteiger partial charge in [0.25, 0.3) is 0 Å². The lowest BCUT2D eigenvalue weighted by Gasteiger charge is -2.11. The Bertz CT molecular complexity index is 269. The molecule has 0 amide bonds. The summed E-state index contributed by atoms with van der Waals surface area (Å²) in [6.45, 7) is 2.13. The molecule has 1 aromatic carbocycles. The number of aliphatic hydroxyl groups excluding tert-OH is 1. The van der Waals surface area contributed by atoms with Crippen molar-refractivity contribution in [3.05, 3.63) is 28.2 Å². The Kier molecular flexibility index (Phi) is 3.85. The van der Waals surface area contributed by atoms with Gasteiger partial charge < -0.3 is 10.4 Å². The van der Waals surface area contributed by atoms with Crippen LogP contribution in [-0.4, -0.2) is 17.8 Å². The van der Waals surface area contributed by atoms with Crippen LogP contribution in [0.15, 0.2) is 18.2 Å². The zero-order valence-electron chi connectivity index (χ0n) is 7.22. The first kappa shape index (κ1) is 10.6. The van der Waals surface area contributed by atoms with Gasteiger partial charge in [0.1, 0.15) is 0 Å². The quantitative estimate of drug-likeness (QED) is 0.820. The molecule has 72 valence electrons. The summed E-state index contributed by atoms with van der Waals surface area (Å²) in [5.41, 5.74) is 0.673. The average Bonchev–Trinajstić information content (AvgIpc) is 2.03. The first-order valence-corrected chi connectivity index (χ1v) is 4.73. The number of benzene rings is 1. The van der Waals surface area contributed by atoms with Crippen LogP contribution in [0.25, 0.3) is 0 Å². The van der Waals surface area contributed by atoms with E-state index in [1.165, 1.54) is 0 Å². The third kappa shape index (κ3) is 3.07. The molecule has 0 heterocycles. The second-order valence-electron chi connectivity index (χ2n) is 2.83. The van der Waals surface area contributed by atoms with Crippen LogP contribution < -0.4 is 5.32 Å². The van der Waals surface area contributed by atoms with E-state index in [0.29, 0.717) is 22.3 Å². The molecular weight excluding hydrogens is 209 g/mol. The second kappa shape index (κ2) is 4.70. The Hall–Kier alpha value is -0.440. The Morgan fingerprint density at radius 3 is 2.38 bits per heavy atom. The Morgan fingerprint density at radius 2 is 1.92 bits per heavy atom. The van der Waals surface area contributed by atoms with Crippen molar-refractivity contribution in [2.45, 2.75) is 13.0 Å². The summed E-state index contributed by atoms with van der Waals surface area (Å²) in [7, 11) is 0. The van der Waals surface area contributed by atoms with Gasteiger partial charge in [-0.3, -0.25) is 0 Å². The maximum Gasteiger partial charge on any atom is 0.0719 e. The summed E-state index contributed by atoms with van der Waals surface area (Å²) in [6, 6.07) is 5.27. The number of nitrogens with one attached hydrogen (secondary N) is 1. The predicted octanol–water partition coefficient (Wildman–Crippen LogP) is 2.79. The third-order valence-electron chi connectivity index (χ3n) is 1.54. The highest BCUT2D eigenvalue weighted by molar-refractivity contribution is 6.39. The minimum atomic E-state index is -0.424. The summed E-state index contributed by atoms with van der Waals surface area (Å²) in [4.78, 5) is 0. The van der Waals surface area contributed by atoms with E-state index in [4.69, 9.17) is 28.3 Å². The Morgan fingerprint density at radius 1 is 1.38 bits per heavy atom. The van der Waals surface area contributed by atoms with Crippen LogP contribution in [-0.2, 0) is 0 Å². The number of halogens is 2. The van der Waals surface area contributed by atoms with Crippen molar-refractivity contribution in [1.29, 1.82) is 0 Å². The molecule has 0 radical (unpaired) electrons. The average molecular weight is 220 g/mol. The number of hydrogen-bond donors (Lipinski definition) is 2. The summed E-state index contributed by atoms with van der Waals surface area (Å²) < 4.78 is 0. The van der Waals surface area contributed by atoms with E-state index in [9.17, 15) is 0 Å². The Balaban J connectivity index is 2.75. The van der Waals surface area contributed by atoms with Crippen LogP contribution in [0.5, 0.6) is 0 Å². The predicted molar refractivity (Wildman–Crippen MR) is 56.6 cm³/mol. The van der Waals surface area contributed by atoms with Crippen LogP contribution in [0.4, 0.5) is 5.69 Å². The minimum Gasteiger partial charge on any atom is -0.392 e. The van der Waals surface area contributed by atoms with Gasteiger partial charge in [-0.05, 0) is 19.1 Å². The molecule has 0 spiro atoms. The summed E-state index contributed by atoms with van der Waals surface area (Å²) in [5, 5.41) is 13.1. The van der Waals surface area contributed by atoms with Crippen molar-refractivity contribution < 1.29 is 5.11 Å². The van der Waals surface area contributed by atoms with Crippen molar-refractivity contribution in [3.8, 4) is 0 Å². The maximum atomic E-state index is 9.05. The fourth-order valence-corrected chi connectivity index (χ4v) is 1.45. The van der Waals surface area contributed by atoms with Crippen molar-refractivity contribution >= 4 is 28.9 Å². The number of rotatable bonds is 3. The van der Waals surface area contributed by atoms with Crippen LogP contribution in [0.3, 0.4) is 0 Å². The van der Waals surface area contributed by atoms with Gasteiger partial charge in [-0.2, -0.15) is 0 Å². The fraction of sp³-hybridized carbons (Fsp3) is 0.333. The highest BCUT2D eigenvalue weighted by Crippen LogP contribution is 2.29. The second-order valence-corrected chi connectivity index (χ2v) is 3.64. The van der Waals surface area contributed by atoms with Crippen LogP contribution >= 0.6 is 23.2 Å². The molecule has 0 aromatic heterocycles. The molecule has 0 aliphatic heterocycles. The van der Waals surface area contributed by atoms with Gasteiger partial charge in [0.05, 0.1) is 21.8 Å². The molecule has 2 nitrogen and oxygen atoms in total. The third-order valence-corrected chi connectivity index (χ3v) is 2.17. The zero-order chi connectivity index (χ0) is 9.84. The van der Waals surface area contributed by atoms with Crippen LogP contribution in [0.2, 0.25) is 10.0 Å². The molecule has 0 aliphatic carbocycles. The molecule has 2 N–H and O–H groups in total. The SMILES string of the molecule is CC(O)CNc1c(Cl)cccc1Cl. The highest BCUT2D eigenvalue weighted by Gasteiger charge is 2.04. The van der Waals surface area contributed by atoms with E-state index in [-0.39, 0.29) is 0 Å². The lowest BCUT2D eigenvalue weighted by atomic mass is 10.3. The molecule has 0 saturated heterocycles. The largest absolute Gasteiger partial charge is 0.392 e. The van der Waals surface area contributed by atoms with Gasteiger partial charge in [-0.15, -0.1) is 0 Å². The number of anilines is 1. The summed E-state index contributed by atoms with van der Waals surface area (Å²) in [6.07, 6.45) is -0.424.